The van der Waals surface area contributed by atoms with Crippen LogP contribution in [0.4, 0.5) is 0 Å². The Morgan fingerprint density at radius 3 is 2.00 bits per heavy atom. The lowest BCUT2D eigenvalue weighted by atomic mass is 9.95. The molecule has 0 fully saturated rings. The fraction of sp³-hybridized carbons (Fsp3) is 0.217. The Labute approximate surface area is 176 Å². The van der Waals surface area contributed by atoms with Gasteiger partial charge < -0.3 is 9.90 Å². The summed E-state index contributed by atoms with van der Waals surface area (Å²) in [5.74, 6) is 0. The van der Waals surface area contributed by atoms with Gasteiger partial charge in [0.15, 0.2) is 0 Å². The first-order valence-corrected chi connectivity index (χ1v) is 12.5. The molecule has 4 heteroatoms. The van der Waals surface area contributed by atoms with E-state index in [2.05, 4.69) is 42.5 Å². The van der Waals surface area contributed by atoms with Crippen molar-refractivity contribution in [2.45, 2.75) is 25.0 Å². The summed E-state index contributed by atoms with van der Waals surface area (Å²) in [5, 5.41) is 12.2. The van der Waals surface area contributed by atoms with E-state index in [1.807, 2.05) is 78.9 Å². The molecule has 1 aliphatic rings. The first-order chi connectivity index (χ1) is 12.9. The molecule has 2 nitrogen and oxygen atoms in total. The molecule has 2 aromatic carbocycles. The maximum atomic E-state index is 12.2. The van der Waals surface area contributed by atoms with E-state index in [4.69, 9.17) is 0 Å². The van der Waals surface area contributed by atoms with Crippen LogP contribution in [0.5, 0.6) is 0 Å². The fourth-order valence-electron chi connectivity index (χ4n) is 3.71. The van der Waals surface area contributed by atoms with Gasteiger partial charge in [-0.25, -0.2) is 0 Å². The Hall–Kier alpha value is -1.47. The van der Waals surface area contributed by atoms with Gasteiger partial charge in [0.05, 0.1) is 0 Å². The number of aliphatic hydroxyl groups excluding tert-OH is 1. The molecule has 2 aromatic rings. The Bertz CT molecular complexity index is 830. The molecule has 3 rings (SSSR count). The van der Waals surface area contributed by atoms with Gasteiger partial charge in [0.1, 0.15) is 6.10 Å². The van der Waals surface area contributed by atoms with Gasteiger partial charge in [-0.05, 0) is 21.5 Å². The minimum atomic E-state index is -3.12. The molecule has 27 heavy (non-hydrogen) atoms. The van der Waals surface area contributed by atoms with Crippen LogP contribution < -0.4 is 10.4 Å². The van der Waals surface area contributed by atoms with Gasteiger partial charge in [0.2, 0.25) is 0 Å². The monoisotopic (exact) mass is 488 g/mol. The second-order valence-corrected chi connectivity index (χ2v) is 12.1. The van der Waals surface area contributed by atoms with E-state index < -0.39 is 19.5 Å². The molecule has 0 saturated heterocycles. The summed E-state index contributed by atoms with van der Waals surface area (Å²) in [6.07, 6.45) is 7.36. The van der Waals surface area contributed by atoms with Crippen molar-refractivity contribution in [3.8, 4) is 0 Å². The lowest BCUT2D eigenvalue weighted by Crippen LogP contribution is -2.65. The number of allylic oxidation sites excluding steroid dienone is 3. The largest absolute Gasteiger partial charge is 0.423 e. The molecule has 0 spiro atoms. The second-order valence-electron chi connectivity index (χ2n) is 7.45. The van der Waals surface area contributed by atoms with Gasteiger partial charge in [0.25, 0.3) is 8.32 Å². The summed E-state index contributed by atoms with van der Waals surface area (Å²) in [5.41, 5.74) is 1.84. The van der Waals surface area contributed by atoms with Gasteiger partial charge in [-0.1, -0.05) is 121 Å². The highest BCUT2D eigenvalue weighted by molar-refractivity contribution is 14.1. The van der Waals surface area contributed by atoms with Gasteiger partial charge in [-0.2, -0.15) is 0 Å². The van der Waals surface area contributed by atoms with Gasteiger partial charge in [-0.15, -0.1) is 0 Å². The highest BCUT2D eigenvalue weighted by Crippen LogP contribution is 2.39. The van der Waals surface area contributed by atoms with Gasteiger partial charge in [-0.3, -0.25) is 0 Å². The van der Waals surface area contributed by atoms with Crippen molar-refractivity contribution < 1.29 is 9.90 Å². The SMILES string of the molecule is CC(C)(/C=C1\C=CC=C(CI)[C@H]1O)[Si](O)(c1ccccc1)c1ccccc1. The zero-order chi connectivity index (χ0) is 19.5. The predicted molar refractivity (Wildman–Crippen MR) is 124 cm³/mol. The Kier molecular flexibility index (Phi) is 6.20. The van der Waals surface area contributed by atoms with Crippen LogP contribution in [0.15, 0.2) is 96.1 Å². The van der Waals surface area contributed by atoms with Crippen LogP contribution in [0.2, 0.25) is 5.04 Å². The van der Waals surface area contributed by atoms with E-state index in [0.717, 1.165) is 25.9 Å². The number of rotatable bonds is 5. The zero-order valence-corrected chi connectivity index (χ0v) is 18.8. The summed E-state index contributed by atoms with van der Waals surface area (Å²) in [4.78, 5) is 12.2. The number of hydrogen-bond donors (Lipinski definition) is 2. The molecule has 0 bridgehead atoms. The summed E-state index contributed by atoms with van der Waals surface area (Å²) in [6, 6.07) is 19.9. The van der Waals surface area contributed by atoms with Gasteiger partial charge in [0, 0.05) is 9.47 Å². The number of benzene rings is 2. The standard InChI is InChI=1S/C23H25IO2Si/c1-23(2,16-18-10-9-11-19(17-24)22(18)25)27(26,20-12-5-3-6-13-20)21-14-7-4-8-15-21/h3-16,22,25-26H,17H2,1-2H3/b18-16+/t22-/m0/s1. The Morgan fingerprint density at radius 1 is 1.00 bits per heavy atom. The molecule has 0 radical (unpaired) electrons. The number of aliphatic hydroxyl groups is 1. The smallest absolute Gasteiger partial charge is 0.262 e. The van der Waals surface area contributed by atoms with E-state index in [1.54, 1.807) is 0 Å². The van der Waals surface area contributed by atoms with E-state index in [1.165, 1.54) is 0 Å². The number of hydrogen-bond acceptors (Lipinski definition) is 2. The van der Waals surface area contributed by atoms with Crippen molar-refractivity contribution in [1.82, 2.24) is 0 Å². The topological polar surface area (TPSA) is 40.5 Å². The quantitative estimate of drug-likeness (QED) is 0.383. The van der Waals surface area contributed by atoms with Crippen LogP contribution in [0, 0.1) is 0 Å². The zero-order valence-electron chi connectivity index (χ0n) is 15.6. The molecule has 0 aromatic heterocycles. The van der Waals surface area contributed by atoms with Crippen LogP contribution in [-0.4, -0.2) is 28.8 Å². The maximum Gasteiger partial charge on any atom is 0.262 e. The van der Waals surface area contributed by atoms with Crippen LogP contribution in [0.1, 0.15) is 13.8 Å². The molecular formula is C23H25IO2Si. The first kappa shape index (κ1) is 20.3. The predicted octanol–water partition coefficient (Wildman–Crippen LogP) is 3.74. The highest BCUT2D eigenvalue weighted by Gasteiger charge is 2.49. The van der Waals surface area contributed by atoms with Crippen LogP contribution in [0.3, 0.4) is 0 Å². The second kappa shape index (κ2) is 8.27. The summed E-state index contributed by atoms with van der Waals surface area (Å²) >= 11 is 2.27. The molecular weight excluding hydrogens is 463 g/mol. The number of halogens is 1. The third-order valence-corrected chi connectivity index (χ3v) is 10.5. The molecule has 1 aliphatic carbocycles. The van der Waals surface area contributed by atoms with Crippen LogP contribution in [0.25, 0.3) is 0 Å². The molecule has 1 atom stereocenters. The summed E-state index contributed by atoms with van der Waals surface area (Å²) in [7, 11) is -3.12. The van der Waals surface area contributed by atoms with E-state index in [-0.39, 0.29) is 0 Å². The summed E-state index contributed by atoms with van der Waals surface area (Å²) < 4.78 is 0.778. The van der Waals surface area contributed by atoms with Crippen molar-refractivity contribution in [3.63, 3.8) is 0 Å². The average molecular weight is 488 g/mol. The Morgan fingerprint density at radius 2 is 1.52 bits per heavy atom. The van der Waals surface area contributed by atoms with Crippen molar-refractivity contribution in [2.24, 2.45) is 0 Å². The third kappa shape index (κ3) is 3.90. The molecule has 0 saturated carbocycles. The highest BCUT2D eigenvalue weighted by atomic mass is 127. The van der Waals surface area contributed by atoms with Crippen molar-refractivity contribution in [2.75, 3.05) is 4.43 Å². The molecule has 0 heterocycles. The fourth-order valence-corrected chi connectivity index (χ4v) is 7.93. The number of alkyl halides is 1. The van der Waals surface area contributed by atoms with Crippen LogP contribution >= 0.6 is 22.6 Å². The Balaban J connectivity index is 2.14. The van der Waals surface area contributed by atoms with Crippen molar-refractivity contribution in [3.05, 3.63) is 96.1 Å². The molecule has 0 aliphatic heterocycles. The van der Waals surface area contributed by atoms with Crippen molar-refractivity contribution >= 4 is 41.3 Å². The maximum absolute atomic E-state index is 12.2. The molecule has 0 unspecified atom stereocenters. The lowest BCUT2D eigenvalue weighted by molar-refractivity contribution is 0.249. The minimum absolute atomic E-state index is 0.524. The lowest BCUT2D eigenvalue weighted by Gasteiger charge is -2.40. The van der Waals surface area contributed by atoms with E-state index >= 15 is 0 Å². The van der Waals surface area contributed by atoms with E-state index in [0.29, 0.717) is 0 Å². The normalized spacial score (nSPS) is 19.2. The average Bonchev–Trinajstić information content (AvgIpc) is 2.70. The first-order valence-electron chi connectivity index (χ1n) is 9.07. The minimum Gasteiger partial charge on any atom is -0.423 e. The van der Waals surface area contributed by atoms with E-state index in [9.17, 15) is 9.90 Å². The summed E-state index contributed by atoms with van der Waals surface area (Å²) in [6.45, 7) is 4.16. The third-order valence-electron chi connectivity index (χ3n) is 5.26. The molecule has 0 amide bonds. The van der Waals surface area contributed by atoms with Crippen molar-refractivity contribution in [1.29, 1.82) is 0 Å². The molecule has 140 valence electrons. The van der Waals surface area contributed by atoms with Crippen LogP contribution in [-0.2, 0) is 0 Å². The molecule has 2 N–H and O–H groups in total. The van der Waals surface area contributed by atoms with Gasteiger partial charge >= 0.3 is 0 Å².